The van der Waals surface area contributed by atoms with Crippen LogP contribution in [0.25, 0.3) is 11.5 Å². The van der Waals surface area contributed by atoms with E-state index in [0.717, 1.165) is 65.7 Å². The lowest BCUT2D eigenvalue weighted by molar-refractivity contribution is -0.118. The van der Waals surface area contributed by atoms with Gasteiger partial charge in [0, 0.05) is 42.0 Å². The van der Waals surface area contributed by atoms with Gasteiger partial charge in [-0.05, 0) is 73.6 Å². The molecule has 0 N–H and O–H groups in total. The molecular weight excluding hydrogens is 536 g/mol. The maximum atomic E-state index is 13.4. The van der Waals surface area contributed by atoms with E-state index >= 15 is 0 Å². The van der Waals surface area contributed by atoms with Crippen molar-refractivity contribution in [1.29, 1.82) is 0 Å². The first-order chi connectivity index (χ1) is 19.9. The van der Waals surface area contributed by atoms with Gasteiger partial charge in [0.05, 0.1) is 18.0 Å². The lowest BCUT2D eigenvalue weighted by Gasteiger charge is -2.16. The molecule has 0 amide bonds. The predicted octanol–water partition coefficient (Wildman–Crippen LogP) is 8.65. The van der Waals surface area contributed by atoms with E-state index in [2.05, 4.69) is 36.3 Å². The number of hydrogen-bond donors (Lipinski definition) is 0. The Morgan fingerprint density at radius 1 is 1.07 bits per heavy atom. The van der Waals surface area contributed by atoms with Crippen molar-refractivity contribution < 1.29 is 18.6 Å². The van der Waals surface area contributed by atoms with E-state index in [1.807, 2.05) is 49.4 Å². The summed E-state index contributed by atoms with van der Waals surface area (Å²) in [6, 6.07) is 18.0. The zero-order valence-corrected chi connectivity index (χ0v) is 25.0. The van der Waals surface area contributed by atoms with Crippen molar-refractivity contribution in [3.8, 4) is 11.5 Å². The van der Waals surface area contributed by atoms with Crippen molar-refractivity contribution in [2.45, 2.75) is 84.2 Å². The van der Waals surface area contributed by atoms with Crippen LogP contribution in [0.15, 0.2) is 63.6 Å². The molecule has 0 spiro atoms. The standard InChI is InChI=1S/C34H39ClN2O4/c1-22(2)16-28-20-31(40-36-28)34-32(25-13-14-25)33(37-41-34)27(10-7-15-39-21-24-8-5-4-6-9-24)19-29(38)18-26-12-11-23(3)17-30(26)35/h4-6,8-9,11-12,17,20,22,25,27H,7,10,13-16,18-19,21H2,1-3H3/t27-/m0/s1. The van der Waals surface area contributed by atoms with Gasteiger partial charge in [-0.2, -0.15) is 0 Å². The average Bonchev–Trinajstić information content (AvgIpc) is 3.52. The Bertz CT molecular complexity index is 1440. The van der Waals surface area contributed by atoms with Crippen LogP contribution in [0.4, 0.5) is 0 Å². The highest BCUT2D eigenvalue weighted by atomic mass is 35.5. The number of benzene rings is 2. The molecule has 41 heavy (non-hydrogen) atoms. The first-order valence-electron chi connectivity index (χ1n) is 14.7. The number of ketones is 1. The SMILES string of the molecule is Cc1ccc(CC(=O)C[C@H](CCCOCc2ccccc2)c2noc(-c3cc(CC(C)C)no3)c2C2CC2)c(Cl)c1. The van der Waals surface area contributed by atoms with Crippen LogP contribution in [0.5, 0.6) is 0 Å². The molecule has 0 bridgehead atoms. The maximum Gasteiger partial charge on any atom is 0.208 e. The van der Waals surface area contributed by atoms with E-state index in [4.69, 9.17) is 25.4 Å². The first-order valence-corrected chi connectivity index (χ1v) is 15.1. The van der Waals surface area contributed by atoms with Crippen LogP contribution in [-0.4, -0.2) is 22.7 Å². The lowest BCUT2D eigenvalue weighted by atomic mass is 9.88. The van der Waals surface area contributed by atoms with Crippen molar-refractivity contribution >= 4 is 17.4 Å². The topological polar surface area (TPSA) is 78.4 Å². The van der Waals surface area contributed by atoms with Crippen molar-refractivity contribution in [3.05, 3.63) is 93.3 Å². The smallest absolute Gasteiger partial charge is 0.208 e. The van der Waals surface area contributed by atoms with E-state index in [1.54, 1.807) is 0 Å². The third-order valence-corrected chi connectivity index (χ3v) is 7.90. The van der Waals surface area contributed by atoms with Crippen LogP contribution < -0.4 is 0 Å². The number of Topliss-reactive ketones (excluding diaryl/α,β-unsaturated/α-hetero) is 1. The molecule has 4 aromatic rings. The molecule has 0 saturated heterocycles. The van der Waals surface area contributed by atoms with Gasteiger partial charge in [0.25, 0.3) is 0 Å². The number of halogens is 1. The van der Waals surface area contributed by atoms with Gasteiger partial charge in [-0.15, -0.1) is 0 Å². The summed E-state index contributed by atoms with van der Waals surface area (Å²) in [5, 5.41) is 9.48. The highest BCUT2D eigenvalue weighted by Gasteiger charge is 2.37. The number of aromatic nitrogens is 2. The summed E-state index contributed by atoms with van der Waals surface area (Å²) >= 11 is 6.46. The Hall–Kier alpha value is -3.22. The summed E-state index contributed by atoms with van der Waals surface area (Å²) in [7, 11) is 0. The minimum Gasteiger partial charge on any atom is -0.377 e. The Morgan fingerprint density at radius 3 is 2.61 bits per heavy atom. The molecule has 0 unspecified atom stereocenters. The first kappa shape index (κ1) is 29.3. The predicted molar refractivity (Wildman–Crippen MR) is 160 cm³/mol. The molecule has 2 aromatic heterocycles. The second kappa shape index (κ2) is 13.6. The molecular formula is C34H39ClN2O4. The van der Waals surface area contributed by atoms with Crippen LogP contribution in [0.2, 0.25) is 5.02 Å². The fourth-order valence-electron chi connectivity index (χ4n) is 5.37. The third kappa shape index (κ3) is 7.96. The summed E-state index contributed by atoms with van der Waals surface area (Å²) in [4.78, 5) is 13.4. The number of hydrogen-bond acceptors (Lipinski definition) is 6. The summed E-state index contributed by atoms with van der Waals surface area (Å²) in [6.45, 7) is 7.49. The molecule has 6 nitrogen and oxygen atoms in total. The molecule has 216 valence electrons. The molecule has 0 aliphatic heterocycles. The Balaban J connectivity index is 1.34. The van der Waals surface area contributed by atoms with Crippen LogP contribution in [-0.2, 0) is 29.0 Å². The normalized spacial score (nSPS) is 14.1. The van der Waals surface area contributed by atoms with Crippen LogP contribution in [0, 0.1) is 12.8 Å². The summed E-state index contributed by atoms with van der Waals surface area (Å²) in [5.41, 5.74) is 5.94. The zero-order chi connectivity index (χ0) is 28.8. The molecule has 5 rings (SSSR count). The van der Waals surface area contributed by atoms with Gasteiger partial charge in [-0.3, -0.25) is 4.79 Å². The monoisotopic (exact) mass is 574 g/mol. The van der Waals surface area contributed by atoms with Crippen LogP contribution in [0.3, 0.4) is 0 Å². The molecule has 2 heterocycles. The molecule has 1 aliphatic rings. The van der Waals surface area contributed by atoms with E-state index in [-0.39, 0.29) is 11.7 Å². The quantitative estimate of drug-likeness (QED) is 0.132. The van der Waals surface area contributed by atoms with E-state index in [9.17, 15) is 4.79 Å². The minimum absolute atomic E-state index is 0.0850. The maximum absolute atomic E-state index is 13.4. The van der Waals surface area contributed by atoms with Crippen LogP contribution >= 0.6 is 11.6 Å². The lowest BCUT2D eigenvalue weighted by Crippen LogP contribution is -2.13. The summed E-state index contributed by atoms with van der Waals surface area (Å²) in [5.74, 6) is 2.16. The van der Waals surface area contributed by atoms with Gasteiger partial charge in [-0.1, -0.05) is 78.2 Å². The van der Waals surface area contributed by atoms with Crippen molar-refractivity contribution in [3.63, 3.8) is 0 Å². The second-order valence-electron chi connectivity index (χ2n) is 11.8. The van der Waals surface area contributed by atoms with Gasteiger partial charge in [0.15, 0.2) is 0 Å². The number of ether oxygens (including phenoxy) is 1. The molecule has 2 aromatic carbocycles. The summed E-state index contributed by atoms with van der Waals surface area (Å²) in [6.07, 6.45) is 5.23. The molecule has 1 saturated carbocycles. The second-order valence-corrected chi connectivity index (χ2v) is 12.2. The van der Waals surface area contributed by atoms with Gasteiger partial charge >= 0.3 is 0 Å². The van der Waals surface area contributed by atoms with Crippen molar-refractivity contribution in [2.24, 2.45) is 5.92 Å². The largest absolute Gasteiger partial charge is 0.377 e. The Kier molecular flexibility index (Phi) is 9.73. The van der Waals surface area contributed by atoms with Gasteiger partial charge in [0.2, 0.25) is 11.5 Å². The average molecular weight is 575 g/mol. The van der Waals surface area contributed by atoms with Crippen molar-refractivity contribution in [1.82, 2.24) is 10.3 Å². The zero-order valence-electron chi connectivity index (χ0n) is 24.2. The fourth-order valence-corrected chi connectivity index (χ4v) is 5.67. The van der Waals surface area contributed by atoms with Gasteiger partial charge in [0.1, 0.15) is 5.78 Å². The third-order valence-electron chi connectivity index (χ3n) is 7.55. The molecule has 1 aliphatic carbocycles. The Morgan fingerprint density at radius 2 is 1.88 bits per heavy atom. The fraction of sp³-hybridized carbons (Fsp3) is 0.441. The van der Waals surface area contributed by atoms with E-state index < -0.39 is 0 Å². The van der Waals surface area contributed by atoms with E-state index in [1.165, 1.54) is 0 Å². The van der Waals surface area contributed by atoms with E-state index in [0.29, 0.717) is 54.4 Å². The number of carbonyl (C=O) groups is 1. The minimum atomic E-state index is -0.0850. The summed E-state index contributed by atoms with van der Waals surface area (Å²) < 4.78 is 17.6. The highest BCUT2D eigenvalue weighted by Crippen LogP contribution is 2.49. The molecule has 0 radical (unpaired) electrons. The number of rotatable bonds is 15. The number of nitrogens with zero attached hydrogens (tertiary/aromatic N) is 2. The van der Waals surface area contributed by atoms with Crippen molar-refractivity contribution in [2.75, 3.05) is 6.61 Å². The highest BCUT2D eigenvalue weighted by molar-refractivity contribution is 6.31. The number of aryl methyl sites for hydroxylation is 1. The Labute approximate surface area is 247 Å². The number of carbonyl (C=O) groups excluding carboxylic acids is 1. The molecule has 1 atom stereocenters. The van der Waals surface area contributed by atoms with Gasteiger partial charge < -0.3 is 13.8 Å². The molecule has 1 fully saturated rings. The van der Waals surface area contributed by atoms with Crippen LogP contribution in [0.1, 0.15) is 91.4 Å². The molecule has 7 heteroatoms. The van der Waals surface area contributed by atoms with Gasteiger partial charge in [-0.25, -0.2) is 0 Å².